The topological polar surface area (TPSA) is 91.1 Å². The Bertz CT molecular complexity index is 1090. The summed E-state index contributed by atoms with van der Waals surface area (Å²) in [6.45, 7) is 4.87. The maximum atomic E-state index is 12.1. The van der Waals surface area contributed by atoms with Crippen LogP contribution in [0.15, 0.2) is 27.8 Å². The van der Waals surface area contributed by atoms with Crippen LogP contribution in [0, 0.1) is 13.8 Å². The van der Waals surface area contributed by atoms with E-state index in [1.165, 1.54) is 10.1 Å². The molecule has 0 amide bonds. The van der Waals surface area contributed by atoms with Gasteiger partial charge in [0.05, 0.1) is 6.54 Å². The summed E-state index contributed by atoms with van der Waals surface area (Å²) in [5, 5.41) is 0. The lowest BCUT2D eigenvalue weighted by molar-refractivity contribution is 0.144. The number of benzene rings is 1. The van der Waals surface area contributed by atoms with Crippen molar-refractivity contribution in [2.45, 2.75) is 26.5 Å². The van der Waals surface area contributed by atoms with Gasteiger partial charge in [0.15, 0.2) is 17.3 Å². The highest BCUT2D eigenvalue weighted by atomic mass is 16.6. The van der Waals surface area contributed by atoms with Gasteiger partial charge in [0.25, 0.3) is 11.6 Å². The first kappa shape index (κ1) is 15.5. The molecule has 3 aromatic rings. The summed E-state index contributed by atoms with van der Waals surface area (Å²) in [6.07, 6.45) is -0.245. The van der Waals surface area contributed by atoms with Crippen molar-refractivity contribution in [3.8, 4) is 11.8 Å². The molecule has 0 bridgehead atoms. The lowest BCUT2D eigenvalue weighted by Gasteiger charge is -2.12. The Balaban J connectivity index is 1.55. The number of aromatic amines is 1. The van der Waals surface area contributed by atoms with Crippen molar-refractivity contribution < 1.29 is 9.47 Å². The third kappa shape index (κ3) is 2.50. The molecule has 2 aromatic heterocycles. The van der Waals surface area contributed by atoms with E-state index in [4.69, 9.17) is 9.47 Å². The first-order chi connectivity index (χ1) is 11.9. The van der Waals surface area contributed by atoms with Crippen molar-refractivity contribution in [3.63, 3.8) is 0 Å². The van der Waals surface area contributed by atoms with Crippen LogP contribution in [0.1, 0.15) is 11.1 Å². The molecule has 1 N–H and O–H groups in total. The Morgan fingerprint density at radius 1 is 1.32 bits per heavy atom. The molecule has 4 rings (SSSR count). The molecule has 0 saturated carbocycles. The highest BCUT2D eigenvalue weighted by Crippen LogP contribution is 2.25. The minimum Gasteiger partial charge on any atom is -0.490 e. The summed E-state index contributed by atoms with van der Waals surface area (Å²) in [5.41, 5.74) is 2.07. The van der Waals surface area contributed by atoms with Gasteiger partial charge in [0.2, 0.25) is 0 Å². The summed E-state index contributed by atoms with van der Waals surface area (Å²) in [7, 11) is 1.56. The van der Waals surface area contributed by atoms with Crippen molar-refractivity contribution in [1.29, 1.82) is 0 Å². The molecule has 25 heavy (non-hydrogen) atoms. The number of nitrogens with one attached hydrogen (secondary N) is 1. The number of ether oxygens (including phenoxy) is 2. The first-order valence-corrected chi connectivity index (χ1v) is 8.00. The highest BCUT2D eigenvalue weighted by Gasteiger charge is 2.29. The quantitative estimate of drug-likeness (QED) is 0.763. The number of imidazole rings is 1. The maximum Gasteiger partial charge on any atom is 0.329 e. The predicted octanol–water partition coefficient (Wildman–Crippen LogP) is 0.880. The molecule has 8 heteroatoms. The van der Waals surface area contributed by atoms with E-state index in [1.807, 2.05) is 32.0 Å². The van der Waals surface area contributed by atoms with Crippen LogP contribution in [-0.4, -0.2) is 31.8 Å². The SMILES string of the molecule is Cc1ccc(OC[C@H]2Cn3c(nc4c3c(=O)[nH]c(=O)n4C)O2)cc1C. The molecule has 0 fully saturated rings. The van der Waals surface area contributed by atoms with Crippen molar-refractivity contribution in [2.24, 2.45) is 7.05 Å². The molecule has 8 nitrogen and oxygen atoms in total. The van der Waals surface area contributed by atoms with Crippen molar-refractivity contribution >= 4 is 11.2 Å². The van der Waals surface area contributed by atoms with Crippen LogP contribution < -0.4 is 20.7 Å². The van der Waals surface area contributed by atoms with Crippen molar-refractivity contribution in [2.75, 3.05) is 6.61 Å². The van der Waals surface area contributed by atoms with Crippen molar-refractivity contribution in [3.05, 3.63) is 50.2 Å². The van der Waals surface area contributed by atoms with Gasteiger partial charge in [-0.2, -0.15) is 4.98 Å². The van der Waals surface area contributed by atoms with Crippen LogP contribution in [0.5, 0.6) is 11.8 Å². The van der Waals surface area contributed by atoms with Gasteiger partial charge in [0, 0.05) is 7.05 Å². The van der Waals surface area contributed by atoms with Gasteiger partial charge < -0.3 is 9.47 Å². The van der Waals surface area contributed by atoms with E-state index in [0.717, 1.165) is 11.3 Å². The van der Waals surface area contributed by atoms with E-state index in [1.54, 1.807) is 11.6 Å². The molecule has 1 atom stereocenters. The number of fused-ring (bicyclic) bond motifs is 3. The number of aromatic nitrogens is 4. The van der Waals surface area contributed by atoms with E-state index in [0.29, 0.717) is 30.3 Å². The average molecular weight is 342 g/mol. The molecule has 1 aromatic carbocycles. The van der Waals surface area contributed by atoms with Crippen LogP contribution in [0.25, 0.3) is 11.2 Å². The molecule has 1 aliphatic heterocycles. The lowest BCUT2D eigenvalue weighted by Crippen LogP contribution is -2.30. The van der Waals surface area contributed by atoms with E-state index in [9.17, 15) is 9.59 Å². The van der Waals surface area contributed by atoms with Gasteiger partial charge in [-0.05, 0) is 37.1 Å². The fraction of sp³-hybridized carbons (Fsp3) is 0.353. The number of rotatable bonds is 3. The molecular formula is C17H18N4O4. The van der Waals surface area contributed by atoms with Gasteiger partial charge in [-0.3, -0.25) is 18.9 Å². The van der Waals surface area contributed by atoms with Gasteiger partial charge in [0.1, 0.15) is 12.4 Å². The highest BCUT2D eigenvalue weighted by molar-refractivity contribution is 5.72. The molecule has 0 radical (unpaired) electrons. The molecule has 0 unspecified atom stereocenters. The van der Waals surface area contributed by atoms with E-state index in [2.05, 4.69) is 9.97 Å². The third-order valence-corrected chi connectivity index (χ3v) is 4.54. The Hall–Kier alpha value is -3.03. The number of nitrogens with zero attached hydrogens (tertiary/aromatic N) is 3. The second kappa shape index (κ2) is 5.51. The minimum absolute atomic E-state index is 0.245. The number of hydrogen-bond donors (Lipinski definition) is 1. The molecule has 0 saturated heterocycles. The maximum absolute atomic E-state index is 12.1. The molecule has 1 aliphatic rings. The normalized spacial score (nSPS) is 16.0. The summed E-state index contributed by atoms with van der Waals surface area (Å²) in [6, 6.07) is 6.25. The zero-order chi connectivity index (χ0) is 17.7. The summed E-state index contributed by atoms with van der Waals surface area (Å²) in [4.78, 5) is 30.3. The van der Waals surface area contributed by atoms with Gasteiger partial charge in [-0.25, -0.2) is 4.79 Å². The Morgan fingerprint density at radius 3 is 2.88 bits per heavy atom. The van der Waals surface area contributed by atoms with Gasteiger partial charge in [-0.1, -0.05) is 6.07 Å². The third-order valence-electron chi connectivity index (χ3n) is 4.54. The van der Waals surface area contributed by atoms with Gasteiger partial charge >= 0.3 is 5.69 Å². The van der Waals surface area contributed by atoms with E-state index in [-0.39, 0.29) is 6.10 Å². The summed E-state index contributed by atoms with van der Waals surface area (Å²) < 4.78 is 14.6. The Kier molecular flexibility index (Phi) is 3.41. The van der Waals surface area contributed by atoms with Crippen LogP contribution >= 0.6 is 0 Å². The first-order valence-electron chi connectivity index (χ1n) is 8.00. The Labute approximate surface area is 142 Å². The largest absolute Gasteiger partial charge is 0.490 e. The van der Waals surface area contributed by atoms with Crippen LogP contribution in [-0.2, 0) is 13.6 Å². The second-order valence-corrected chi connectivity index (χ2v) is 6.29. The smallest absolute Gasteiger partial charge is 0.329 e. The van der Waals surface area contributed by atoms with E-state index < -0.39 is 11.2 Å². The summed E-state index contributed by atoms with van der Waals surface area (Å²) in [5.74, 6) is 0.779. The minimum atomic E-state index is -0.496. The monoisotopic (exact) mass is 342 g/mol. The second-order valence-electron chi connectivity index (χ2n) is 6.29. The van der Waals surface area contributed by atoms with Gasteiger partial charge in [-0.15, -0.1) is 0 Å². The zero-order valence-corrected chi connectivity index (χ0v) is 14.2. The van der Waals surface area contributed by atoms with Crippen LogP contribution in [0.4, 0.5) is 0 Å². The molecule has 0 spiro atoms. The molecule has 0 aliphatic carbocycles. The molecule has 130 valence electrons. The number of hydrogen-bond acceptors (Lipinski definition) is 5. The molecular weight excluding hydrogens is 324 g/mol. The fourth-order valence-electron chi connectivity index (χ4n) is 2.94. The zero-order valence-electron chi connectivity index (χ0n) is 14.2. The Morgan fingerprint density at radius 2 is 2.12 bits per heavy atom. The lowest BCUT2D eigenvalue weighted by atomic mass is 10.1. The van der Waals surface area contributed by atoms with E-state index >= 15 is 0 Å². The number of aryl methyl sites for hydroxylation is 3. The average Bonchev–Trinajstić information content (AvgIpc) is 3.11. The summed E-state index contributed by atoms with van der Waals surface area (Å²) >= 11 is 0. The standard InChI is InChI=1S/C17H18N4O4/c1-9-4-5-11(6-10(9)2)24-8-12-7-21-13-14(18-17(21)25-12)20(3)16(23)19-15(13)22/h4-6,12H,7-8H2,1-3H3,(H,19,22,23)/t12-/m1/s1. The van der Waals surface area contributed by atoms with Crippen molar-refractivity contribution in [1.82, 2.24) is 19.1 Å². The van der Waals surface area contributed by atoms with Crippen LogP contribution in [0.3, 0.4) is 0 Å². The predicted molar refractivity (Wildman–Crippen MR) is 91.4 cm³/mol. The number of H-pyrrole nitrogens is 1. The fourth-order valence-corrected chi connectivity index (χ4v) is 2.94. The van der Waals surface area contributed by atoms with Crippen LogP contribution in [0.2, 0.25) is 0 Å². The molecule has 3 heterocycles.